The first-order chi connectivity index (χ1) is 14.1. The molecular formula is C24H24N3O2+. The minimum absolute atomic E-state index is 0.00906. The summed E-state index contributed by atoms with van der Waals surface area (Å²) in [6.07, 6.45) is 0. The third kappa shape index (κ3) is 4.05. The number of hydrogen-bond acceptors (Lipinski definition) is 2. The van der Waals surface area contributed by atoms with Crippen LogP contribution in [0.25, 0.3) is 0 Å². The van der Waals surface area contributed by atoms with Crippen LogP contribution < -0.4 is 15.5 Å². The van der Waals surface area contributed by atoms with Gasteiger partial charge in [0.1, 0.15) is 12.6 Å². The van der Waals surface area contributed by atoms with Crippen LogP contribution in [-0.2, 0) is 9.59 Å². The summed E-state index contributed by atoms with van der Waals surface area (Å²) in [5.41, 5.74) is 3.69. The molecule has 0 unspecified atom stereocenters. The van der Waals surface area contributed by atoms with Gasteiger partial charge in [-0.1, -0.05) is 72.8 Å². The molecule has 5 nitrogen and oxygen atoms in total. The van der Waals surface area contributed by atoms with E-state index in [2.05, 4.69) is 34.9 Å². The van der Waals surface area contributed by atoms with Gasteiger partial charge in [0.05, 0.1) is 11.4 Å². The normalized spacial score (nSPS) is 14.3. The van der Waals surface area contributed by atoms with E-state index < -0.39 is 0 Å². The molecule has 0 aliphatic carbocycles. The molecule has 0 spiro atoms. The number of para-hydroxylation sites is 2. The number of nitrogens with one attached hydrogen (secondary N) is 1. The molecule has 1 aliphatic heterocycles. The van der Waals surface area contributed by atoms with Crippen LogP contribution in [0.4, 0.5) is 11.4 Å². The zero-order valence-corrected chi connectivity index (χ0v) is 16.3. The molecule has 3 aromatic carbocycles. The number of fused-ring (bicyclic) bond motifs is 1. The van der Waals surface area contributed by atoms with Gasteiger partial charge in [-0.15, -0.1) is 0 Å². The molecule has 0 saturated carbocycles. The first-order valence-corrected chi connectivity index (χ1v) is 9.78. The van der Waals surface area contributed by atoms with E-state index in [0.29, 0.717) is 5.69 Å². The van der Waals surface area contributed by atoms with Gasteiger partial charge < -0.3 is 10.6 Å². The van der Waals surface area contributed by atoms with Crippen molar-refractivity contribution >= 4 is 23.2 Å². The number of benzene rings is 3. The lowest BCUT2D eigenvalue weighted by Crippen LogP contribution is -2.93. The molecule has 2 amide bonds. The van der Waals surface area contributed by atoms with Gasteiger partial charge in [0.2, 0.25) is 5.91 Å². The Morgan fingerprint density at radius 1 is 0.897 bits per heavy atom. The maximum absolute atomic E-state index is 13.3. The Hall–Kier alpha value is -3.44. The zero-order chi connectivity index (χ0) is 20.2. The fourth-order valence-electron chi connectivity index (χ4n) is 3.78. The van der Waals surface area contributed by atoms with E-state index in [0.717, 1.165) is 16.8 Å². The summed E-state index contributed by atoms with van der Waals surface area (Å²) >= 11 is 0. The minimum Gasteiger partial charge on any atom is -0.326 e. The SMILES string of the molecule is C[C@@H]([NH2+]C(c1ccccc1)c1ccccc1)C(=O)N1CC(=O)Nc2ccccc21. The molecule has 0 radical (unpaired) electrons. The van der Waals surface area contributed by atoms with Crippen LogP contribution in [0.15, 0.2) is 84.9 Å². The average Bonchev–Trinajstić information content (AvgIpc) is 2.77. The molecule has 0 aromatic heterocycles. The fraction of sp³-hybridized carbons (Fsp3) is 0.167. The van der Waals surface area contributed by atoms with Crippen LogP contribution in [0.1, 0.15) is 24.1 Å². The highest BCUT2D eigenvalue weighted by atomic mass is 16.2. The number of carbonyl (C=O) groups excluding carboxylic acids is 2. The number of carbonyl (C=O) groups is 2. The summed E-state index contributed by atoms with van der Waals surface area (Å²) in [5, 5.41) is 4.90. The summed E-state index contributed by atoms with van der Waals surface area (Å²) in [6, 6.07) is 27.4. The summed E-state index contributed by atoms with van der Waals surface area (Å²) < 4.78 is 0. The molecule has 1 heterocycles. The van der Waals surface area contributed by atoms with Crippen molar-refractivity contribution in [2.75, 3.05) is 16.8 Å². The molecule has 4 rings (SSSR count). The number of nitrogens with two attached hydrogens (primary N) is 1. The number of hydrogen-bond donors (Lipinski definition) is 2. The molecular weight excluding hydrogens is 362 g/mol. The van der Waals surface area contributed by atoms with Crippen LogP contribution in [0.3, 0.4) is 0 Å². The van der Waals surface area contributed by atoms with E-state index >= 15 is 0 Å². The van der Waals surface area contributed by atoms with Crippen molar-refractivity contribution in [1.82, 2.24) is 0 Å². The van der Waals surface area contributed by atoms with E-state index in [9.17, 15) is 9.59 Å². The van der Waals surface area contributed by atoms with Gasteiger partial charge in [-0.05, 0) is 19.1 Å². The Morgan fingerprint density at radius 3 is 2.07 bits per heavy atom. The van der Waals surface area contributed by atoms with E-state index in [1.807, 2.05) is 67.6 Å². The molecule has 3 aromatic rings. The number of rotatable bonds is 5. The Labute approximate surface area is 170 Å². The second-order valence-electron chi connectivity index (χ2n) is 7.27. The van der Waals surface area contributed by atoms with Crippen molar-refractivity contribution < 1.29 is 14.9 Å². The molecule has 3 N–H and O–H groups in total. The van der Waals surface area contributed by atoms with Crippen LogP contribution >= 0.6 is 0 Å². The van der Waals surface area contributed by atoms with Crippen molar-refractivity contribution in [3.05, 3.63) is 96.1 Å². The van der Waals surface area contributed by atoms with Crippen LogP contribution in [0.2, 0.25) is 0 Å². The van der Waals surface area contributed by atoms with Crippen LogP contribution in [-0.4, -0.2) is 24.4 Å². The molecule has 1 atom stereocenters. The Balaban J connectivity index is 1.61. The summed E-state index contributed by atoms with van der Waals surface area (Å²) in [6.45, 7) is 1.94. The molecule has 1 aliphatic rings. The molecule has 0 bridgehead atoms. The molecule has 0 saturated heterocycles. The van der Waals surface area contributed by atoms with Gasteiger partial charge in [0.15, 0.2) is 6.04 Å². The largest absolute Gasteiger partial charge is 0.326 e. The standard InChI is InChI=1S/C24H23N3O2/c1-17(24(29)27-16-22(28)26-20-14-8-9-15-21(20)27)25-23(18-10-4-2-5-11-18)19-12-6-3-7-13-19/h2-15,17,23,25H,16H2,1H3,(H,26,28)/p+1/t17-/m1/s1. The summed E-state index contributed by atoms with van der Waals surface area (Å²) in [4.78, 5) is 27.0. The van der Waals surface area contributed by atoms with Crippen LogP contribution in [0, 0.1) is 0 Å². The fourth-order valence-corrected chi connectivity index (χ4v) is 3.78. The third-order valence-corrected chi connectivity index (χ3v) is 5.22. The Bertz CT molecular complexity index is 965. The lowest BCUT2D eigenvalue weighted by molar-refractivity contribution is -0.704. The molecule has 5 heteroatoms. The number of anilines is 2. The molecule has 0 fully saturated rings. The highest BCUT2D eigenvalue weighted by Crippen LogP contribution is 2.29. The summed E-state index contributed by atoms with van der Waals surface area (Å²) in [5.74, 6) is -0.254. The number of nitrogens with zero attached hydrogens (tertiary/aromatic N) is 1. The predicted molar refractivity (Wildman–Crippen MR) is 114 cm³/mol. The van der Waals surface area contributed by atoms with E-state index in [1.165, 1.54) is 0 Å². The molecule has 146 valence electrons. The van der Waals surface area contributed by atoms with Gasteiger partial charge in [-0.3, -0.25) is 14.5 Å². The maximum Gasteiger partial charge on any atom is 0.285 e. The lowest BCUT2D eigenvalue weighted by atomic mass is 9.97. The van der Waals surface area contributed by atoms with Gasteiger partial charge in [-0.2, -0.15) is 0 Å². The van der Waals surface area contributed by atoms with E-state index in [4.69, 9.17) is 0 Å². The second-order valence-corrected chi connectivity index (χ2v) is 7.27. The smallest absolute Gasteiger partial charge is 0.285 e. The number of quaternary nitrogens is 1. The van der Waals surface area contributed by atoms with Gasteiger partial charge in [-0.25, -0.2) is 0 Å². The predicted octanol–water partition coefficient (Wildman–Crippen LogP) is 2.71. The zero-order valence-electron chi connectivity index (χ0n) is 16.3. The Kier molecular flexibility index (Phi) is 5.40. The highest BCUT2D eigenvalue weighted by Gasteiger charge is 2.33. The topological polar surface area (TPSA) is 66.0 Å². The average molecular weight is 386 g/mol. The monoisotopic (exact) mass is 386 g/mol. The van der Waals surface area contributed by atoms with Gasteiger partial charge in [0, 0.05) is 11.1 Å². The third-order valence-electron chi connectivity index (χ3n) is 5.22. The minimum atomic E-state index is -0.362. The van der Waals surface area contributed by atoms with Crippen molar-refractivity contribution in [3.63, 3.8) is 0 Å². The maximum atomic E-state index is 13.3. The van der Waals surface area contributed by atoms with Gasteiger partial charge >= 0.3 is 0 Å². The van der Waals surface area contributed by atoms with E-state index in [1.54, 1.807) is 4.90 Å². The van der Waals surface area contributed by atoms with Crippen molar-refractivity contribution in [1.29, 1.82) is 0 Å². The highest BCUT2D eigenvalue weighted by molar-refractivity contribution is 6.10. The van der Waals surface area contributed by atoms with Crippen molar-refractivity contribution in [2.24, 2.45) is 0 Å². The van der Waals surface area contributed by atoms with Crippen molar-refractivity contribution in [3.8, 4) is 0 Å². The van der Waals surface area contributed by atoms with Gasteiger partial charge in [0.25, 0.3) is 5.91 Å². The molecule has 29 heavy (non-hydrogen) atoms. The number of amides is 2. The first-order valence-electron chi connectivity index (χ1n) is 9.78. The second kappa shape index (κ2) is 8.29. The Morgan fingerprint density at radius 2 is 1.45 bits per heavy atom. The van der Waals surface area contributed by atoms with Crippen LogP contribution in [0.5, 0.6) is 0 Å². The summed E-state index contributed by atoms with van der Waals surface area (Å²) in [7, 11) is 0. The van der Waals surface area contributed by atoms with Crippen molar-refractivity contribution in [2.45, 2.75) is 19.0 Å². The quantitative estimate of drug-likeness (QED) is 0.708. The van der Waals surface area contributed by atoms with E-state index in [-0.39, 0.29) is 30.4 Å². The first kappa shape index (κ1) is 18.9. The lowest BCUT2D eigenvalue weighted by Gasteiger charge is -2.31.